The SMILES string of the molecule is O=C(O)c1nn(Cc2ccc3ncc(Cl)cc3c2)c2cc[nH]c(=O)c12. The largest absolute Gasteiger partial charge is 0.476 e. The Hall–Kier alpha value is -3.19. The van der Waals surface area contributed by atoms with E-state index in [-0.39, 0.29) is 11.1 Å². The number of benzene rings is 1. The number of aromatic nitrogens is 4. The van der Waals surface area contributed by atoms with Crippen LogP contribution in [0, 0.1) is 0 Å². The first-order chi connectivity index (χ1) is 12.0. The molecular formula is C17H11ClN4O3. The Morgan fingerprint density at radius 2 is 2.12 bits per heavy atom. The second kappa shape index (κ2) is 5.71. The molecule has 3 aromatic heterocycles. The predicted molar refractivity (Wildman–Crippen MR) is 93.2 cm³/mol. The van der Waals surface area contributed by atoms with E-state index in [1.165, 1.54) is 10.9 Å². The van der Waals surface area contributed by atoms with Crippen LogP contribution < -0.4 is 5.56 Å². The summed E-state index contributed by atoms with van der Waals surface area (Å²) in [6.07, 6.45) is 3.05. The maximum atomic E-state index is 12.0. The highest BCUT2D eigenvalue weighted by atomic mass is 35.5. The number of carbonyl (C=O) groups is 1. The average Bonchev–Trinajstić information content (AvgIpc) is 2.95. The van der Waals surface area contributed by atoms with Crippen LogP contribution in [0.1, 0.15) is 16.1 Å². The number of nitrogens with zero attached hydrogens (tertiary/aromatic N) is 3. The molecule has 8 heteroatoms. The molecule has 0 bridgehead atoms. The van der Waals surface area contributed by atoms with E-state index in [4.69, 9.17) is 11.6 Å². The molecule has 0 saturated carbocycles. The lowest BCUT2D eigenvalue weighted by Gasteiger charge is -2.05. The van der Waals surface area contributed by atoms with Crippen LogP contribution in [0.3, 0.4) is 0 Å². The topological polar surface area (TPSA) is 101 Å². The summed E-state index contributed by atoms with van der Waals surface area (Å²) in [5.41, 5.74) is 1.42. The fourth-order valence-electron chi connectivity index (χ4n) is 2.83. The molecule has 0 aliphatic rings. The first kappa shape index (κ1) is 15.3. The third-order valence-electron chi connectivity index (χ3n) is 3.92. The van der Waals surface area contributed by atoms with Gasteiger partial charge < -0.3 is 10.1 Å². The van der Waals surface area contributed by atoms with Crippen molar-refractivity contribution in [3.63, 3.8) is 0 Å². The van der Waals surface area contributed by atoms with Crippen molar-refractivity contribution in [3.8, 4) is 0 Å². The number of aromatic amines is 1. The number of hydrogen-bond acceptors (Lipinski definition) is 4. The number of hydrogen-bond donors (Lipinski definition) is 2. The molecule has 0 spiro atoms. The molecule has 0 radical (unpaired) electrons. The molecule has 3 heterocycles. The summed E-state index contributed by atoms with van der Waals surface area (Å²) in [5, 5.41) is 14.9. The monoisotopic (exact) mass is 354 g/mol. The summed E-state index contributed by atoms with van der Waals surface area (Å²) in [4.78, 5) is 30.1. The molecule has 1 aromatic carbocycles. The molecule has 7 nitrogen and oxygen atoms in total. The highest BCUT2D eigenvalue weighted by Gasteiger charge is 2.19. The van der Waals surface area contributed by atoms with E-state index in [2.05, 4.69) is 15.1 Å². The molecule has 0 unspecified atom stereocenters. The van der Waals surface area contributed by atoms with Crippen LogP contribution in [0.5, 0.6) is 0 Å². The molecule has 0 aliphatic heterocycles. The summed E-state index contributed by atoms with van der Waals surface area (Å²) in [7, 11) is 0. The summed E-state index contributed by atoms with van der Waals surface area (Å²) in [6, 6.07) is 9.09. The maximum Gasteiger partial charge on any atom is 0.357 e. The summed E-state index contributed by atoms with van der Waals surface area (Å²) >= 11 is 5.98. The smallest absolute Gasteiger partial charge is 0.357 e. The lowest BCUT2D eigenvalue weighted by atomic mass is 10.1. The van der Waals surface area contributed by atoms with E-state index in [1.807, 2.05) is 24.3 Å². The molecule has 0 fully saturated rings. The number of carboxylic acid groups (broad SMARTS) is 1. The summed E-state index contributed by atoms with van der Waals surface area (Å²) < 4.78 is 1.51. The van der Waals surface area contributed by atoms with Crippen molar-refractivity contribution in [1.82, 2.24) is 19.7 Å². The number of nitrogens with one attached hydrogen (secondary N) is 1. The van der Waals surface area contributed by atoms with Gasteiger partial charge >= 0.3 is 5.97 Å². The van der Waals surface area contributed by atoms with Crippen LogP contribution in [0.15, 0.2) is 47.5 Å². The number of H-pyrrole nitrogens is 1. The third-order valence-corrected chi connectivity index (χ3v) is 4.13. The molecule has 25 heavy (non-hydrogen) atoms. The van der Waals surface area contributed by atoms with Crippen LogP contribution in [-0.2, 0) is 6.54 Å². The fraction of sp³-hybridized carbons (Fsp3) is 0.0588. The van der Waals surface area contributed by atoms with Gasteiger partial charge in [0.05, 0.1) is 28.0 Å². The number of rotatable bonds is 3. The van der Waals surface area contributed by atoms with Gasteiger partial charge in [0.15, 0.2) is 5.69 Å². The van der Waals surface area contributed by atoms with Crippen molar-refractivity contribution in [2.45, 2.75) is 6.54 Å². The Balaban J connectivity index is 1.85. The van der Waals surface area contributed by atoms with Crippen LogP contribution in [0.2, 0.25) is 5.02 Å². The zero-order chi connectivity index (χ0) is 17.6. The second-order valence-corrected chi connectivity index (χ2v) is 6.00. The fourth-order valence-corrected chi connectivity index (χ4v) is 3.00. The lowest BCUT2D eigenvalue weighted by molar-refractivity contribution is 0.0691. The molecule has 0 atom stereocenters. The van der Waals surface area contributed by atoms with Gasteiger partial charge in [0, 0.05) is 17.8 Å². The Morgan fingerprint density at radius 3 is 2.92 bits per heavy atom. The minimum absolute atomic E-state index is 0.0699. The number of fused-ring (bicyclic) bond motifs is 2. The second-order valence-electron chi connectivity index (χ2n) is 5.56. The maximum absolute atomic E-state index is 12.0. The Morgan fingerprint density at radius 1 is 1.28 bits per heavy atom. The molecular weight excluding hydrogens is 344 g/mol. The Bertz CT molecular complexity index is 1200. The zero-order valence-electron chi connectivity index (χ0n) is 12.7. The minimum atomic E-state index is -1.24. The van der Waals surface area contributed by atoms with E-state index >= 15 is 0 Å². The van der Waals surface area contributed by atoms with Gasteiger partial charge in [-0.2, -0.15) is 5.10 Å². The van der Waals surface area contributed by atoms with Gasteiger partial charge in [-0.1, -0.05) is 17.7 Å². The van der Waals surface area contributed by atoms with Gasteiger partial charge in [0.1, 0.15) is 0 Å². The van der Waals surface area contributed by atoms with E-state index in [0.717, 1.165) is 16.5 Å². The van der Waals surface area contributed by atoms with E-state index in [9.17, 15) is 14.7 Å². The molecule has 0 aliphatic carbocycles. The predicted octanol–water partition coefficient (Wildman–Crippen LogP) is 2.67. The molecule has 4 rings (SSSR count). The Labute approximate surface area is 145 Å². The average molecular weight is 355 g/mol. The van der Waals surface area contributed by atoms with Gasteiger partial charge in [-0.3, -0.25) is 14.5 Å². The number of carboxylic acids is 1. The summed E-state index contributed by atoms with van der Waals surface area (Å²) in [5.74, 6) is -1.24. The number of pyridine rings is 2. The van der Waals surface area contributed by atoms with Crippen molar-refractivity contribution in [2.24, 2.45) is 0 Å². The molecule has 4 aromatic rings. The van der Waals surface area contributed by atoms with Gasteiger partial charge in [0.2, 0.25) is 0 Å². The van der Waals surface area contributed by atoms with Crippen LogP contribution >= 0.6 is 11.6 Å². The lowest BCUT2D eigenvalue weighted by Crippen LogP contribution is -2.08. The van der Waals surface area contributed by atoms with Crippen LogP contribution in [-0.4, -0.2) is 30.8 Å². The first-order valence-electron chi connectivity index (χ1n) is 7.38. The van der Waals surface area contributed by atoms with Crippen molar-refractivity contribution in [2.75, 3.05) is 0 Å². The van der Waals surface area contributed by atoms with Crippen molar-refractivity contribution < 1.29 is 9.90 Å². The van der Waals surface area contributed by atoms with Gasteiger partial charge in [-0.15, -0.1) is 0 Å². The Kier molecular flexibility index (Phi) is 3.51. The first-order valence-corrected chi connectivity index (χ1v) is 7.76. The van der Waals surface area contributed by atoms with Crippen molar-refractivity contribution >= 4 is 39.4 Å². The van der Waals surface area contributed by atoms with Crippen molar-refractivity contribution in [3.05, 3.63) is 69.4 Å². The third kappa shape index (κ3) is 2.64. The van der Waals surface area contributed by atoms with E-state index in [0.29, 0.717) is 17.1 Å². The molecule has 0 amide bonds. The standard InChI is InChI=1S/C17H11ClN4O3/c18-11-6-10-5-9(1-2-12(10)20-7-11)8-22-13-3-4-19-16(23)14(13)15(21-22)17(24)25/h1-7H,8H2,(H,19,23)(H,24,25). The number of aromatic carboxylic acids is 1. The van der Waals surface area contributed by atoms with Crippen LogP contribution in [0.4, 0.5) is 0 Å². The molecule has 124 valence electrons. The highest BCUT2D eigenvalue weighted by Crippen LogP contribution is 2.20. The molecule has 2 N–H and O–H groups in total. The number of halogens is 1. The quantitative estimate of drug-likeness (QED) is 0.589. The molecule has 0 saturated heterocycles. The van der Waals surface area contributed by atoms with Crippen molar-refractivity contribution in [1.29, 1.82) is 0 Å². The summed E-state index contributed by atoms with van der Waals surface area (Å²) in [6.45, 7) is 0.315. The van der Waals surface area contributed by atoms with Gasteiger partial charge in [-0.25, -0.2) is 4.79 Å². The van der Waals surface area contributed by atoms with Crippen LogP contribution in [0.25, 0.3) is 21.8 Å². The van der Waals surface area contributed by atoms with Gasteiger partial charge in [0.25, 0.3) is 5.56 Å². The van der Waals surface area contributed by atoms with Gasteiger partial charge in [-0.05, 0) is 29.8 Å². The minimum Gasteiger partial charge on any atom is -0.476 e. The zero-order valence-corrected chi connectivity index (χ0v) is 13.5. The highest BCUT2D eigenvalue weighted by molar-refractivity contribution is 6.31. The van der Waals surface area contributed by atoms with E-state index < -0.39 is 11.5 Å². The normalized spacial score (nSPS) is 11.2. The van der Waals surface area contributed by atoms with E-state index in [1.54, 1.807) is 12.3 Å².